The van der Waals surface area contributed by atoms with Crippen molar-refractivity contribution in [2.24, 2.45) is 11.3 Å². The molecular formula is C12H27N. The van der Waals surface area contributed by atoms with Crippen LogP contribution in [-0.4, -0.2) is 12.6 Å². The zero-order valence-electron chi connectivity index (χ0n) is 10.3. The molecule has 0 aromatic rings. The highest BCUT2D eigenvalue weighted by Gasteiger charge is 2.12. The van der Waals surface area contributed by atoms with Crippen molar-refractivity contribution < 1.29 is 0 Å². The Balaban J connectivity index is 3.53. The maximum Gasteiger partial charge on any atom is 0.00642 e. The summed E-state index contributed by atoms with van der Waals surface area (Å²) < 4.78 is 0. The van der Waals surface area contributed by atoms with E-state index in [0.29, 0.717) is 11.5 Å². The summed E-state index contributed by atoms with van der Waals surface area (Å²) in [5.74, 6) is 0.792. The molecule has 0 amide bonds. The maximum absolute atomic E-state index is 3.59. The summed E-state index contributed by atoms with van der Waals surface area (Å²) in [7, 11) is 0. The van der Waals surface area contributed by atoms with E-state index in [4.69, 9.17) is 0 Å². The van der Waals surface area contributed by atoms with Crippen molar-refractivity contribution in [3.63, 3.8) is 0 Å². The quantitative estimate of drug-likeness (QED) is 0.692. The average Bonchev–Trinajstić information content (AvgIpc) is 2.00. The van der Waals surface area contributed by atoms with Gasteiger partial charge in [-0.1, -0.05) is 41.0 Å². The summed E-state index contributed by atoms with van der Waals surface area (Å²) in [5.41, 5.74) is 0.460. The van der Waals surface area contributed by atoms with Gasteiger partial charge in [-0.05, 0) is 31.2 Å². The summed E-state index contributed by atoms with van der Waals surface area (Å²) in [6, 6.07) is 0.660. The van der Waals surface area contributed by atoms with Crippen LogP contribution in [0.25, 0.3) is 0 Å². The fourth-order valence-corrected chi connectivity index (χ4v) is 1.23. The SMILES string of the molecule is CCC(C)C(C)NCCC(C)(C)C. The fraction of sp³-hybridized carbons (Fsp3) is 1.00. The predicted octanol–water partition coefficient (Wildman–Crippen LogP) is 3.45. The van der Waals surface area contributed by atoms with E-state index in [-0.39, 0.29) is 0 Å². The van der Waals surface area contributed by atoms with Crippen LogP contribution >= 0.6 is 0 Å². The van der Waals surface area contributed by atoms with Gasteiger partial charge in [-0.25, -0.2) is 0 Å². The molecular weight excluding hydrogens is 158 g/mol. The Kier molecular flexibility index (Phi) is 5.62. The molecule has 0 radical (unpaired) electrons. The van der Waals surface area contributed by atoms with E-state index in [9.17, 15) is 0 Å². The summed E-state index contributed by atoms with van der Waals surface area (Å²) in [6.45, 7) is 14.9. The smallest absolute Gasteiger partial charge is 0.00642 e. The molecule has 0 aromatic heterocycles. The first kappa shape index (κ1) is 13.0. The number of rotatable bonds is 5. The molecule has 0 aliphatic heterocycles. The van der Waals surface area contributed by atoms with Crippen molar-refractivity contribution in [3.05, 3.63) is 0 Å². The summed E-state index contributed by atoms with van der Waals surface area (Å²) in [5, 5.41) is 3.59. The Morgan fingerprint density at radius 3 is 2.08 bits per heavy atom. The lowest BCUT2D eigenvalue weighted by atomic mass is 9.92. The minimum absolute atomic E-state index is 0.460. The zero-order chi connectivity index (χ0) is 10.5. The number of nitrogens with one attached hydrogen (secondary N) is 1. The third kappa shape index (κ3) is 7.06. The zero-order valence-corrected chi connectivity index (χ0v) is 10.3. The molecule has 0 aromatic carbocycles. The van der Waals surface area contributed by atoms with Gasteiger partial charge in [0.25, 0.3) is 0 Å². The van der Waals surface area contributed by atoms with Crippen molar-refractivity contribution in [3.8, 4) is 0 Å². The summed E-state index contributed by atoms with van der Waals surface area (Å²) >= 11 is 0. The predicted molar refractivity (Wildman–Crippen MR) is 61.0 cm³/mol. The molecule has 0 rings (SSSR count). The van der Waals surface area contributed by atoms with Gasteiger partial charge in [-0.2, -0.15) is 0 Å². The second-order valence-electron chi connectivity index (χ2n) is 5.44. The second-order valence-corrected chi connectivity index (χ2v) is 5.44. The van der Waals surface area contributed by atoms with Crippen LogP contribution in [0.5, 0.6) is 0 Å². The Bertz CT molecular complexity index is 124. The molecule has 1 nitrogen and oxygen atoms in total. The van der Waals surface area contributed by atoms with Crippen LogP contribution in [0, 0.1) is 11.3 Å². The highest BCUT2D eigenvalue weighted by atomic mass is 14.9. The number of hydrogen-bond acceptors (Lipinski definition) is 1. The first-order valence-corrected chi connectivity index (χ1v) is 5.60. The Morgan fingerprint density at radius 1 is 1.15 bits per heavy atom. The van der Waals surface area contributed by atoms with Gasteiger partial charge in [-0.15, -0.1) is 0 Å². The molecule has 0 saturated carbocycles. The molecule has 0 spiro atoms. The molecule has 0 aliphatic rings. The van der Waals surface area contributed by atoms with Gasteiger partial charge in [0.1, 0.15) is 0 Å². The van der Waals surface area contributed by atoms with Crippen LogP contribution in [0.4, 0.5) is 0 Å². The van der Waals surface area contributed by atoms with Crippen molar-refractivity contribution in [2.75, 3.05) is 6.54 Å². The van der Waals surface area contributed by atoms with Crippen LogP contribution in [-0.2, 0) is 0 Å². The van der Waals surface area contributed by atoms with Crippen LogP contribution in [0.2, 0.25) is 0 Å². The average molecular weight is 185 g/mol. The van der Waals surface area contributed by atoms with Crippen molar-refractivity contribution in [2.45, 2.75) is 60.4 Å². The standard InChI is InChI=1S/C12H27N/c1-7-10(2)11(3)13-9-8-12(4,5)6/h10-11,13H,7-9H2,1-6H3. The van der Waals surface area contributed by atoms with Crippen molar-refractivity contribution in [1.29, 1.82) is 0 Å². The van der Waals surface area contributed by atoms with E-state index < -0.39 is 0 Å². The molecule has 1 heteroatoms. The Hall–Kier alpha value is -0.0400. The van der Waals surface area contributed by atoms with Crippen molar-refractivity contribution >= 4 is 0 Å². The lowest BCUT2D eigenvalue weighted by Crippen LogP contribution is -2.34. The van der Waals surface area contributed by atoms with Gasteiger partial charge in [0.2, 0.25) is 0 Å². The van der Waals surface area contributed by atoms with Gasteiger partial charge in [0.15, 0.2) is 0 Å². The lowest BCUT2D eigenvalue weighted by molar-refractivity contribution is 0.329. The molecule has 0 fully saturated rings. The van der Waals surface area contributed by atoms with Crippen LogP contribution < -0.4 is 5.32 Å². The summed E-state index contributed by atoms with van der Waals surface area (Å²) in [6.07, 6.45) is 2.53. The van der Waals surface area contributed by atoms with Crippen LogP contribution in [0.15, 0.2) is 0 Å². The van der Waals surface area contributed by atoms with E-state index in [1.54, 1.807) is 0 Å². The molecule has 13 heavy (non-hydrogen) atoms. The normalized spacial score (nSPS) is 17.1. The second kappa shape index (κ2) is 5.64. The Morgan fingerprint density at radius 2 is 1.69 bits per heavy atom. The van der Waals surface area contributed by atoms with E-state index in [0.717, 1.165) is 12.5 Å². The maximum atomic E-state index is 3.59. The van der Waals surface area contributed by atoms with Gasteiger partial charge in [-0.3, -0.25) is 0 Å². The van der Waals surface area contributed by atoms with E-state index in [1.165, 1.54) is 12.8 Å². The minimum atomic E-state index is 0.460. The molecule has 0 aliphatic carbocycles. The van der Waals surface area contributed by atoms with E-state index in [2.05, 4.69) is 46.9 Å². The first-order chi connectivity index (χ1) is 5.87. The third-order valence-electron chi connectivity index (χ3n) is 2.84. The summed E-state index contributed by atoms with van der Waals surface area (Å²) in [4.78, 5) is 0. The molecule has 2 atom stereocenters. The molecule has 0 bridgehead atoms. The highest BCUT2D eigenvalue weighted by Crippen LogP contribution is 2.17. The number of hydrogen-bond donors (Lipinski definition) is 1. The first-order valence-electron chi connectivity index (χ1n) is 5.60. The molecule has 0 heterocycles. The Labute approximate surface area is 84.3 Å². The highest BCUT2D eigenvalue weighted by molar-refractivity contribution is 4.69. The van der Waals surface area contributed by atoms with Crippen molar-refractivity contribution in [1.82, 2.24) is 5.32 Å². The van der Waals surface area contributed by atoms with E-state index in [1.807, 2.05) is 0 Å². The largest absolute Gasteiger partial charge is 0.314 e. The van der Waals surface area contributed by atoms with E-state index >= 15 is 0 Å². The van der Waals surface area contributed by atoms with Crippen LogP contribution in [0.1, 0.15) is 54.4 Å². The molecule has 2 unspecified atom stereocenters. The fourth-order valence-electron chi connectivity index (χ4n) is 1.23. The van der Waals surface area contributed by atoms with Crippen LogP contribution in [0.3, 0.4) is 0 Å². The van der Waals surface area contributed by atoms with Gasteiger partial charge >= 0.3 is 0 Å². The minimum Gasteiger partial charge on any atom is -0.314 e. The monoisotopic (exact) mass is 185 g/mol. The molecule has 1 N–H and O–H groups in total. The lowest BCUT2D eigenvalue weighted by Gasteiger charge is -2.23. The third-order valence-corrected chi connectivity index (χ3v) is 2.84. The molecule has 80 valence electrons. The van der Waals surface area contributed by atoms with Gasteiger partial charge in [0, 0.05) is 6.04 Å². The van der Waals surface area contributed by atoms with Gasteiger partial charge < -0.3 is 5.32 Å². The topological polar surface area (TPSA) is 12.0 Å². The molecule has 0 saturated heterocycles. The van der Waals surface area contributed by atoms with Gasteiger partial charge in [0.05, 0.1) is 0 Å².